The second-order valence-corrected chi connectivity index (χ2v) is 9.10. The van der Waals surface area contributed by atoms with Crippen LogP contribution in [0.3, 0.4) is 0 Å². The Hall–Kier alpha value is -2.25. The number of carbonyl (C=O) groups is 1. The molecule has 2 rings (SSSR count). The van der Waals surface area contributed by atoms with Crippen LogP contribution >= 0.6 is 0 Å². The van der Waals surface area contributed by atoms with Crippen LogP contribution < -0.4 is 10.1 Å². The summed E-state index contributed by atoms with van der Waals surface area (Å²) in [5, 5.41) is 2.74. The second kappa shape index (κ2) is 19.8. The number of hydrogen-bond donors (Lipinski definition) is 1. The summed E-state index contributed by atoms with van der Waals surface area (Å²) in [5.74, 6) is -7.12. The predicted octanol–water partition coefficient (Wildman–Crippen LogP) is 4.76. The topological polar surface area (TPSA) is 84.5 Å². The Labute approximate surface area is 233 Å². The van der Waals surface area contributed by atoms with E-state index in [1.54, 1.807) is 0 Å². The van der Waals surface area contributed by atoms with E-state index in [1.165, 1.54) is 0 Å². The van der Waals surface area contributed by atoms with Crippen LogP contribution in [0.25, 0.3) is 0 Å². The van der Waals surface area contributed by atoms with Crippen LogP contribution in [0, 0.1) is 30.2 Å². The zero-order valence-electron chi connectivity index (χ0n) is 23.4. The summed E-state index contributed by atoms with van der Waals surface area (Å²) in [7, 11) is 0. The molecule has 1 aliphatic carbocycles. The van der Waals surface area contributed by atoms with E-state index in [2.05, 4.69) is 5.32 Å². The molecule has 1 aliphatic rings. The fraction of sp³-hybridized carbons (Fsp3) is 0.679. The summed E-state index contributed by atoms with van der Waals surface area (Å²) in [4.78, 5) is 11.8. The molecule has 0 unspecified atom stereocenters. The molecule has 0 aliphatic heterocycles. The first kappa shape index (κ1) is 34.0. The summed E-state index contributed by atoms with van der Waals surface area (Å²) in [5.41, 5.74) is 0.214. The molecular weight excluding hydrogens is 538 g/mol. The van der Waals surface area contributed by atoms with Crippen molar-refractivity contribution in [1.82, 2.24) is 5.32 Å². The highest BCUT2D eigenvalue weighted by Crippen LogP contribution is 2.35. The molecule has 1 amide bonds. The van der Waals surface area contributed by atoms with Gasteiger partial charge >= 0.3 is 0 Å². The van der Waals surface area contributed by atoms with Crippen molar-refractivity contribution in [2.24, 2.45) is 0 Å². The van der Waals surface area contributed by atoms with E-state index in [0.717, 1.165) is 31.9 Å². The van der Waals surface area contributed by atoms with Gasteiger partial charge in [-0.1, -0.05) is 6.92 Å². The molecule has 1 fully saturated rings. The summed E-state index contributed by atoms with van der Waals surface area (Å²) in [6.45, 7) is 7.44. The highest BCUT2D eigenvalue weighted by molar-refractivity contribution is 5.75. The highest BCUT2D eigenvalue weighted by atomic mass is 19.2. The van der Waals surface area contributed by atoms with E-state index in [0.29, 0.717) is 58.2 Å². The molecule has 1 saturated carbocycles. The van der Waals surface area contributed by atoms with Gasteiger partial charge in [-0.05, 0) is 38.2 Å². The van der Waals surface area contributed by atoms with Crippen LogP contribution in [0.2, 0.25) is 0 Å². The van der Waals surface area contributed by atoms with E-state index >= 15 is 0 Å². The monoisotopic (exact) mass is 579 g/mol. The van der Waals surface area contributed by atoms with Crippen LogP contribution in [-0.2, 0) is 28.5 Å². The molecule has 1 aromatic rings. The van der Waals surface area contributed by atoms with Crippen molar-refractivity contribution < 1.29 is 50.8 Å². The number of allylic oxidation sites excluding steroid dienone is 1. The van der Waals surface area contributed by atoms with Gasteiger partial charge in [0.25, 0.3) is 0 Å². The lowest BCUT2D eigenvalue weighted by Gasteiger charge is -2.23. The molecule has 0 aromatic heterocycles. The van der Waals surface area contributed by atoms with Crippen LogP contribution in [0.1, 0.15) is 51.0 Å². The third kappa shape index (κ3) is 12.1. The molecule has 0 heterocycles. The van der Waals surface area contributed by atoms with Gasteiger partial charge in [-0.2, -0.15) is 4.39 Å². The minimum atomic E-state index is -1.77. The van der Waals surface area contributed by atoms with E-state index in [9.17, 15) is 22.4 Å². The fourth-order valence-corrected chi connectivity index (χ4v) is 3.56. The van der Waals surface area contributed by atoms with E-state index < -0.39 is 34.6 Å². The van der Waals surface area contributed by atoms with Crippen molar-refractivity contribution in [3.63, 3.8) is 0 Å². The minimum absolute atomic E-state index is 0.158. The third-order valence-corrected chi connectivity index (χ3v) is 6.00. The standard InChI is InChI=1S/C28H41F4NO7/c1-3-10-35-14-18-39-19-17-38-13-9-33-23(34)8-12-37-16-15-36-11-7-22(21-5-4-6-21)40-28-25(30)20(2)24(29)26(31)27(28)32/h3-19H2,1-2H3,(H,33,34). The van der Waals surface area contributed by atoms with Gasteiger partial charge in [0.1, 0.15) is 5.76 Å². The number of nitrogens with one attached hydrogen (secondary N) is 1. The molecule has 0 saturated heterocycles. The molecule has 0 bridgehead atoms. The van der Waals surface area contributed by atoms with Crippen molar-refractivity contribution in [2.75, 3.05) is 72.6 Å². The van der Waals surface area contributed by atoms with Gasteiger partial charge < -0.3 is 33.7 Å². The highest BCUT2D eigenvalue weighted by Gasteiger charge is 2.27. The number of benzene rings is 1. The van der Waals surface area contributed by atoms with Gasteiger partial charge in [-0.3, -0.25) is 4.79 Å². The molecule has 0 spiro atoms. The number of ether oxygens (including phenoxy) is 6. The zero-order valence-corrected chi connectivity index (χ0v) is 23.4. The number of hydrogen-bond acceptors (Lipinski definition) is 7. The SMILES string of the molecule is CCCOCCOCCOCCNC(=O)CCOCCOCCC(Oc1c(F)c(C)c(F)c(F)c1F)=C1CCC1. The van der Waals surface area contributed by atoms with Crippen molar-refractivity contribution >= 4 is 5.91 Å². The lowest BCUT2D eigenvalue weighted by atomic mass is 9.90. The summed E-state index contributed by atoms with van der Waals surface area (Å²) in [6.07, 6.45) is 3.67. The Morgan fingerprint density at radius 3 is 1.82 bits per heavy atom. The van der Waals surface area contributed by atoms with Gasteiger partial charge in [-0.15, -0.1) is 0 Å². The van der Waals surface area contributed by atoms with E-state index in [1.807, 2.05) is 6.92 Å². The van der Waals surface area contributed by atoms with Gasteiger partial charge in [-0.25, -0.2) is 13.2 Å². The first-order chi connectivity index (χ1) is 19.4. The van der Waals surface area contributed by atoms with Crippen LogP contribution in [0.15, 0.2) is 11.3 Å². The first-order valence-corrected chi connectivity index (χ1v) is 13.7. The fourth-order valence-electron chi connectivity index (χ4n) is 3.56. The van der Waals surface area contributed by atoms with Crippen LogP contribution in [0.4, 0.5) is 17.6 Å². The minimum Gasteiger partial charge on any atom is -0.455 e. The summed E-state index contributed by atoms with van der Waals surface area (Å²) >= 11 is 0. The normalized spacial score (nSPS) is 12.9. The molecule has 1 N–H and O–H groups in total. The Kier molecular flexibility index (Phi) is 16.8. The molecule has 1 aromatic carbocycles. The zero-order chi connectivity index (χ0) is 29.2. The maximum absolute atomic E-state index is 14.4. The Bertz CT molecular complexity index is 911. The van der Waals surface area contributed by atoms with Gasteiger partial charge in [0.05, 0.1) is 59.5 Å². The number of halogens is 4. The second-order valence-electron chi connectivity index (χ2n) is 9.10. The van der Waals surface area contributed by atoms with Gasteiger partial charge in [0.15, 0.2) is 17.5 Å². The Balaban J connectivity index is 1.52. The molecule has 8 nitrogen and oxygen atoms in total. The lowest BCUT2D eigenvalue weighted by molar-refractivity contribution is -0.122. The molecule has 0 atom stereocenters. The maximum Gasteiger partial charge on any atom is 0.222 e. The predicted molar refractivity (Wildman–Crippen MR) is 139 cm³/mol. The summed E-state index contributed by atoms with van der Waals surface area (Å²) < 4.78 is 88.2. The third-order valence-electron chi connectivity index (χ3n) is 6.00. The van der Waals surface area contributed by atoms with Gasteiger partial charge in [0, 0.05) is 31.6 Å². The van der Waals surface area contributed by atoms with Crippen molar-refractivity contribution in [1.29, 1.82) is 0 Å². The molecule has 40 heavy (non-hydrogen) atoms. The first-order valence-electron chi connectivity index (χ1n) is 13.7. The number of carbonyl (C=O) groups excluding carboxylic acids is 1. The van der Waals surface area contributed by atoms with Crippen molar-refractivity contribution in [3.8, 4) is 5.75 Å². The Morgan fingerprint density at radius 1 is 0.700 bits per heavy atom. The van der Waals surface area contributed by atoms with E-state index in [4.69, 9.17) is 28.4 Å². The summed E-state index contributed by atoms with van der Waals surface area (Å²) in [6, 6.07) is 0. The maximum atomic E-state index is 14.4. The molecule has 12 heteroatoms. The smallest absolute Gasteiger partial charge is 0.222 e. The number of amides is 1. The molecular formula is C28H41F4NO7. The molecule has 0 radical (unpaired) electrons. The average Bonchev–Trinajstić information content (AvgIpc) is 2.92. The van der Waals surface area contributed by atoms with Crippen LogP contribution in [-0.4, -0.2) is 78.5 Å². The van der Waals surface area contributed by atoms with Crippen molar-refractivity contribution in [3.05, 3.63) is 40.2 Å². The van der Waals surface area contributed by atoms with E-state index in [-0.39, 0.29) is 45.2 Å². The number of rotatable bonds is 22. The molecule has 228 valence electrons. The van der Waals surface area contributed by atoms with Crippen molar-refractivity contribution in [2.45, 2.75) is 52.4 Å². The largest absolute Gasteiger partial charge is 0.455 e. The average molecular weight is 580 g/mol. The van der Waals surface area contributed by atoms with Crippen LogP contribution in [0.5, 0.6) is 5.75 Å². The van der Waals surface area contributed by atoms with Gasteiger partial charge in [0.2, 0.25) is 17.5 Å². The Morgan fingerprint density at radius 2 is 1.25 bits per heavy atom. The lowest BCUT2D eigenvalue weighted by Crippen LogP contribution is -2.28. The quantitative estimate of drug-likeness (QED) is 0.0698.